The summed E-state index contributed by atoms with van der Waals surface area (Å²) in [5, 5.41) is 26.4. The fraction of sp³-hybridized carbons (Fsp3) is 0.250. The molecular formula is C16H23N3O3. The molecule has 0 bridgehead atoms. The van der Waals surface area contributed by atoms with E-state index < -0.39 is 0 Å². The van der Waals surface area contributed by atoms with E-state index in [0.717, 1.165) is 5.69 Å². The topological polar surface area (TPSA) is 116 Å². The van der Waals surface area contributed by atoms with Gasteiger partial charge < -0.3 is 31.7 Å². The summed E-state index contributed by atoms with van der Waals surface area (Å²) in [6, 6.07) is 13.8. The minimum atomic E-state index is 0.0738. The van der Waals surface area contributed by atoms with E-state index >= 15 is 0 Å². The van der Waals surface area contributed by atoms with Gasteiger partial charge in [-0.25, -0.2) is 0 Å². The first-order chi connectivity index (χ1) is 10.6. The molecule has 0 saturated carbocycles. The van der Waals surface area contributed by atoms with Crippen LogP contribution in [0.2, 0.25) is 0 Å². The number of aliphatic hydroxyl groups is 2. The van der Waals surface area contributed by atoms with E-state index in [-0.39, 0.29) is 19.0 Å². The summed E-state index contributed by atoms with van der Waals surface area (Å²) in [7, 11) is 0. The molecule has 2 rings (SSSR count). The van der Waals surface area contributed by atoms with Crippen molar-refractivity contribution >= 4 is 17.1 Å². The minimum Gasteiger partial charge on any atom is -0.508 e. The molecule has 6 heteroatoms. The Balaban J connectivity index is 0.000000255. The molecule has 0 aromatic heterocycles. The second-order valence-electron chi connectivity index (χ2n) is 4.62. The van der Waals surface area contributed by atoms with E-state index in [1.165, 1.54) is 0 Å². The molecule has 22 heavy (non-hydrogen) atoms. The minimum absolute atomic E-state index is 0.0738. The number of rotatable bonds is 5. The zero-order valence-electron chi connectivity index (χ0n) is 12.4. The highest BCUT2D eigenvalue weighted by Crippen LogP contribution is 2.15. The van der Waals surface area contributed by atoms with E-state index in [0.29, 0.717) is 24.5 Å². The van der Waals surface area contributed by atoms with Crippen LogP contribution in [0.3, 0.4) is 0 Å². The van der Waals surface area contributed by atoms with Gasteiger partial charge >= 0.3 is 0 Å². The van der Waals surface area contributed by atoms with Crippen LogP contribution in [0.25, 0.3) is 0 Å². The van der Waals surface area contributed by atoms with Gasteiger partial charge in [-0.15, -0.1) is 0 Å². The summed E-state index contributed by atoms with van der Waals surface area (Å²) in [6.45, 7) is 1.18. The van der Waals surface area contributed by atoms with Crippen molar-refractivity contribution in [3.63, 3.8) is 0 Å². The number of anilines is 3. The Bertz CT molecular complexity index is 502. The first kappa shape index (κ1) is 17.6. The molecule has 0 saturated heterocycles. The standard InChI is InChI=1S/C10H16N2O2.C6H7NO/c11-9-1-3-10(4-2-9)12(5-7-13)6-8-14;7-5-1-3-6(8)4-2-5/h1-4,13-14H,5-8,11H2;1-4,8H,7H2. The van der Waals surface area contributed by atoms with Crippen molar-refractivity contribution in [1.29, 1.82) is 0 Å². The maximum atomic E-state index is 8.83. The third-order valence-corrected chi connectivity index (χ3v) is 2.89. The van der Waals surface area contributed by atoms with Crippen molar-refractivity contribution in [3.8, 4) is 5.75 Å². The molecule has 0 unspecified atom stereocenters. The van der Waals surface area contributed by atoms with E-state index in [1.807, 2.05) is 17.0 Å². The van der Waals surface area contributed by atoms with Gasteiger partial charge in [0, 0.05) is 30.2 Å². The van der Waals surface area contributed by atoms with Crippen LogP contribution in [0.5, 0.6) is 5.75 Å². The number of benzene rings is 2. The molecule has 0 atom stereocenters. The molecule has 0 spiro atoms. The average Bonchev–Trinajstić information content (AvgIpc) is 2.52. The van der Waals surface area contributed by atoms with Crippen LogP contribution in [-0.2, 0) is 0 Å². The summed E-state index contributed by atoms with van der Waals surface area (Å²) in [5.41, 5.74) is 13.2. The van der Waals surface area contributed by atoms with Gasteiger partial charge in [0.15, 0.2) is 0 Å². The number of nitrogens with two attached hydrogens (primary N) is 2. The van der Waals surface area contributed by atoms with Crippen molar-refractivity contribution < 1.29 is 15.3 Å². The number of nitrogen functional groups attached to an aromatic ring is 2. The third-order valence-electron chi connectivity index (χ3n) is 2.89. The molecule has 0 fully saturated rings. The molecule has 0 aliphatic carbocycles. The van der Waals surface area contributed by atoms with Gasteiger partial charge in [-0.1, -0.05) is 0 Å². The predicted octanol–water partition coefficient (Wildman–Crippen LogP) is 1.03. The maximum Gasteiger partial charge on any atom is 0.115 e. The average molecular weight is 305 g/mol. The Morgan fingerprint density at radius 2 is 1.14 bits per heavy atom. The zero-order chi connectivity index (χ0) is 16.4. The monoisotopic (exact) mass is 305 g/mol. The summed E-state index contributed by atoms with van der Waals surface area (Å²) in [4.78, 5) is 1.90. The molecule has 120 valence electrons. The first-order valence-electron chi connectivity index (χ1n) is 6.93. The molecule has 0 aliphatic rings. The Hall–Kier alpha value is -2.44. The molecule has 0 amide bonds. The van der Waals surface area contributed by atoms with Crippen LogP contribution in [0.15, 0.2) is 48.5 Å². The van der Waals surface area contributed by atoms with Crippen molar-refractivity contribution in [2.24, 2.45) is 0 Å². The number of nitrogens with zero attached hydrogens (tertiary/aromatic N) is 1. The van der Waals surface area contributed by atoms with Crippen LogP contribution in [0.1, 0.15) is 0 Å². The fourth-order valence-corrected chi connectivity index (χ4v) is 1.77. The Labute approximate surface area is 130 Å². The second kappa shape index (κ2) is 9.49. The van der Waals surface area contributed by atoms with Crippen molar-refractivity contribution in [2.45, 2.75) is 0 Å². The van der Waals surface area contributed by atoms with Crippen molar-refractivity contribution in [3.05, 3.63) is 48.5 Å². The van der Waals surface area contributed by atoms with Gasteiger partial charge in [0.2, 0.25) is 0 Å². The van der Waals surface area contributed by atoms with Crippen molar-refractivity contribution in [2.75, 3.05) is 42.7 Å². The summed E-state index contributed by atoms with van der Waals surface area (Å²) in [6.07, 6.45) is 0. The van der Waals surface area contributed by atoms with Crippen LogP contribution in [0, 0.1) is 0 Å². The number of phenols is 1. The SMILES string of the molecule is Nc1ccc(N(CCO)CCO)cc1.Nc1ccc(O)cc1. The number of aliphatic hydroxyl groups excluding tert-OH is 2. The second-order valence-corrected chi connectivity index (χ2v) is 4.62. The summed E-state index contributed by atoms with van der Waals surface area (Å²) >= 11 is 0. The number of hydrogen-bond donors (Lipinski definition) is 5. The number of phenolic OH excluding ortho intramolecular Hbond substituents is 1. The molecule has 0 radical (unpaired) electrons. The van der Waals surface area contributed by atoms with Gasteiger partial charge in [0.05, 0.1) is 13.2 Å². The van der Waals surface area contributed by atoms with E-state index in [1.54, 1.807) is 36.4 Å². The highest BCUT2D eigenvalue weighted by molar-refractivity contribution is 5.53. The van der Waals surface area contributed by atoms with Gasteiger partial charge in [0.1, 0.15) is 5.75 Å². The largest absolute Gasteiger partial charge is 0.508 e. The Kier molecular flexibility index (Phi) is 7.60. The maximum absolute atomic E-state index is 8.83. The summed E-state index contributed by atoms with van der Waals surface area (Å²) < 4.78 is 0. The van der Waals surface area contributed by atoms with Gasteiger partial charge in [-0.3, -0.25) is 0 Å². The van der Waals surface area contributed by atoms with E-state index in [2.05, 4.69) is 0 Å². The van der Waals surface area contributed by atoms with Crippen molar-refractivity contribution in [1.82, 2.24) is 0 Å². The van der Waals surface area contributed by atoms with Gasteiger partial charge in [0.25, 0.3) is 0 Å². The highest BCUT2D eigenvalue weighted by atomic mass is 16.3. The third kappa shape index (κ3) is 6.34. The lowest BCUT2D eigenvalue weighted by Gasteiger charge is -2.22. The lowest BCUT2D eigenvalue weighted by molar-refractivity contribution is 0.281. The highest BCUT2D eigenvalue weighted by Gasteiger charge is 2.03. The van der Waals surface area contributed by atoms with Gasteiger partial charge in [-0.05, 0) is 48.5 Å². The number of aromatic hydroxyl groups is 1. The molecule has 7 N–H and O–H groups in total. The Morgan fingerprint density at radius 3 is 1.50 bits per heavy atom. The number of hydrogen-bond acceptors (Lipinski definition) is 6. The summed E-state index contributed by atoms with van der Waals surface area (Å²) in [5.74, 6) is 0.249. The molecule has 2 aromatic rings. The predicted molar refractivity (Wildman–Crippen MR) is 89.8 cm³/mol. The van der Waals surface area contributed by atoms with Crippen LogP contribution < -0.4 is 16.4 Å². The van der Waals surface area contributed by atoms with Gasteiger partial charge in [-0.2, -0.15) is 0 Å². The molecule has 2 aromatic carbocycles. The molecule has 0 aliphatic heterocycles. The van der Waals surface area contributed by atoms with Crippen LogP contribution in [-0.4, -0.2) is 41.6 Å². The molecular weight excluding hydrogens is 282 g/mol. The zero-order valence-corrected chi connectivity index (χ0v) is 12.4. The Morgan fingerprint density at radius 1 is 0.727 bits per heavy atom. The lowest BCUT2D eigenvalue weighted by Crippen LogP contribution is -2.29. The smallest absolute Gasteiger partial charge is 0.115 e. The lowest BCUT2D eigenvalue weighted by atomic mass is 10.2. The van der Waals surface area contributed by atoms with E-state index in [4.69, 9.17) is 26.8 Å². The normalized spacial score (nSPS) is 9.73. The first-order valence-corrected chi connectivity index (χ1v) is 6.93. The fourth-order valence-electron chi connectivity index (χ4n) is 1.77. The van der Waals surface area contributed by atoms with Crippen LogP contribution in [0.4, 0.5) is 17.1 Å². The molecule has 0 heterocycles. The molecule has 6 nitrogen and oxygen atoms in total. The van der Waals surface area contributed by atoms with Crippen LogP contribution >= 0.6 is 0 Å². The van der Waals surface area contributed by atoms with E-state index in [9.17, 15) is 0 Å². The quantitative estimate of drug-likeness (QED) is 0.416.